The van der Waals surface area contributed by atoms with Crippen LogP contribution in [-0.4, -0.2) is 36.8 Å². The summed E-state index contributed by atoms with van der Waals surface area (Å²) in [4.78, 5) is 14.0. The molecule has 0 spiro atoms. The van der Waals surface area contributed by atoms with Gasteiger partial charge in [0.1, 0.15) is 6.04 Å². The summed E-state index contributed by atoms with van der Waals surface area (Å²) in [5, 5.41) is 12.4. The van der Waals surface area contributed by atoms with E-state index in [2.05, 4.69) is 38.2 Å². The minimum Gasteiger partial charge on any atom is -0.394 e. The Labute approximate surface area is 114 Å². The smallest absolute Gasteiger partial charge is 0.245 e. The van der Waals surface area contributed by atoms with E-state index in [1.807, 2.05) is 11.0 Å². The molecule has 2 atom stereocenters. The Morgan fingerprint density at radius 2 is 2.11 bits per heavy atom. The van der Waals surface area contributed by atoms with Crippen LogP contribution in [0.25, 0.3) is 0 Å². The molecule has 4 heteroatoms. The van der Waals surface area contributed by atoms with Crippen molar-refractivity contribution in [1.82, 2.24) is 5.32 Å². The molecule has 104 valence electrons. The number of amides is 1. The van der Waals surface area contributed by atoms with E-state index < -0.39 is 6.04 Å². The zero-order valence-electron chi connectivity index (χ0n) is 11.8. The summed E-state index contributed by atoms with van der Waals surface area (Å²) in [6, 6.07) is 5.68. The van der Waals surface area contributed by atoms with Crippen LogP contribution >= 0.6 is 0 Å². The lowest BCUT2D eigenvalue weighted by Crippen LogP contribution is -2.47. The molecule has 1 heterocycles. The maximum atomic E-state index is 12.0. The molecule has 0 bridgehead atoms. The molecule has 1 aromatic carbocycles. The van der Waals surface area contributed by atoms with E-state index in [4.69, 9.17) is 0 Å². The minimum absolute atomic E-state index is 0.0925. The second-order valence-corrected chi connectivity index (χ2v) is 5.47. The second-order valence-electron chi connectivity index (χ2n) is 5.47. The van der Waals surface area contributed by atoms with Crippen LogP contribution in [0.15, 0.2) is 18.2 Å². The summed E-state index contributed by atoms with van der Waals surface area (Å²) >= 11 is 0. The number of benzene rings is 1. The van der Waals surface area contributed by atoms with Crippen LogP contribution in [0.1, 0.15) is 18.1 Å². The molecule has 1 saturated heterocycles. The maximum absolute atomic E-state index is 12.0. The van der Waals surface area contributed by atoms with Crippen molar-refractivity contribution in [3.63, 3.8) is 0 Å². The molecule has 0 aromatic heterocycles. The van der Waals surface area contributed by atoms with Gasteiger partial charge in [-0.25, -0.2) is 0 Å². The third-order valence-electron chi connectivity index (χ3n) is 3.81. The van der Waals surface area contributed by atoms with Gasteiger partial charge in [0.25, 0.3) is 0 Å². The summed E-state index contributed by atoms with van der Waals surface area (Å²) in [6.07, 6.45) is 0. The van der Waals surface area contributed by atoms with Gasteiger partial charge >= 0.3 is 0 Å². The average molecular weight is 262 g/mol. The van der Waals surface area contributed by atoms with Gasteiger partial charge in [0, 0.05) is 18.8 Å². The van der Waals surface area contributed by atoms with Gasteiger partial charge in [-0.2, -0.15) is 0 Å². The van der Waals surface area contributed by atoms with Crippen LogP contribution in [0, 0.1) is 19.8 Å². The first-order valence-corrected chi connectivity index (χ1v) is 6.75. The molecule has 1 aliphatic rings. The number of anilines is 1. The third-order valence-corrected chi connectivity index (χ3v) is 3.81. The highest BCUT2D eigenvalue weighted by atomic mass is 16.3. The highest BCUT2D eigenvalue weighted by molar-refractivity contribution is 5.86. The SMILES string of the molecule is Cc1ccc(N2CC(C)CNC(=O)C2CO)cc1C. The Kier molecular flexibility index (Phi) is 4.10. The molecule has 19 heavy (non-hydrogen) atoms. The van der Waals surface area contributed by atoms with Crippen molar-refractivity contribution in [1.29, 1.82) is 0 Å². The number of nitrogens with zero attached hydrogens (tertiary/aromatic N) is 1. The average Bonchev–Trinajstić information content (AvgIpc) is 2.52. The molecular weight excluding hydrogens is 240 g/mol. The molecule has 2 rings (SSSR count). The first-order chi connectivity index (χ1) is 9.02. The number of aryl methyl sites for hydroxylation is 2. The number of aliphatic hydroxyl groups excluding tert-OH is 1. The van der Waals surface area contributed by atoms with Crippen LogP contribution in [-0.2, 0) is 4.79 Å². The maximum Gasteiger partial charge on any atom is 0.245 e. The summed E-state index contributed by atoms with van der Waals surface area (Å²) < 4.78 is 0. The number of carbonyl (C=O) groups excluding carboxylic acids is 1. The van der Waals surface area contributed by atoms with Gasteiger partial charge in [-0.15, -0.1) is 0 Å². The van der Waals surface area contributed by atoms with Crippen molar-refractivity contribution in [2.24, 2.45) is 5.92 Å². The Hall–Kier alpha value is -1.55. The van der Waals surface area contributed by atoms with E-state index in [0.717, 1.165) is 12.2 Å². The summed E-state index contributed by atoms with van der Waals surface area (Å²) in [6.45, 7) is 7.51. The molecule has 4 nitrogen and oxygen atoms in total. The highest BCUT2D eigenvalue weighted by Gasteiger charge is 2.30. The van der Waals surface area contributed by atoms with Crippen LogP contribution in [0.5, 0.6) is 0 Å². The Morgan fingerprint density at radius 3 is 2.74 bits per heavy atom. The summed E-state index contributed by atoms with van der Waals surface area (Å²) in [5.74, 6) is 0.271. The predicted octanol–water partition coefficient (Wildman–Crippen LogP) is 1.24. The number of hydrogen-bond donors (Lipinski definition) is 2. The van der Waals surface area contributed by atoms with E-state index in [1.165, 1.54) is 11.1 Å². The minimum atomic E-state index is -0.493. The lowest BCUT2D eigenvalue weighted by Gasteiger charge is -2.30. The molecule has 0 saturated carbocycles. The van der Waals surface area contributed by atoms with Crippen LogP contribution in [0.4, 0.5) is 5.69 Å². The Bertz CT molecular complexity index is 473. The van der Waals surface area contributed by atoms with E-state index in [9.17, 15) is 9.90 Å². The molecule has 1 aromatic rings. The molecule has 2 unspecified atom stereocenters. The zero-order valence-corrected chi connectivity index (χ0v) is 11.8. The van der Waals surface area contributed by atoms with Crippen molar-refractivity contribution >= 4 is 11.6 Å². The number of rotatable bonds is 2. The molecule has 1 fully saturated rings. The summed E-state index contributed by atoms with van der Waals surface area (Å²) in [5.41, 5.74) is 3.44. The first kappa shape index (κ1) is 13.9. The van der Waals surface area contributed by atoms with Gasteiger partial charge in [0.2, 0.25) is 5.91 Å². The number of nitrogens with one attached hydrogen (secondary N) is 1. The van der Waals surface area contributed by atoms with Gasteiger partial charge in [-0.05, 0) is 43.0 Å². The van der Waals surface area contributed by atoms with E-state index >= 15 is 0 Å². The second kappa shape index (κ2) is 5.61. The van der Waals surface area contributed by atoms with Gasteiger partial charge in [-0.3, -0.25) is 4.79 Å². The fraction of sp³-hybridized carbons (Fsp3) is 0.533. The fourth-order valence-corrected chi connectivity index (χ4v) is 2.43. The molecule has 0 radical (unpaired) electrons. The van der Waals surface area contributed by atoms with Gasteiger partial charge < -0.3 is 15.3 Å². The molecule has 0 aliphatic carbocycles. The molecular formula is C15H22N2O2. The summed E-state index contributed by atoms with van der Waals surface area (Å²) in [7, 11) is 0. The highest BCUT2D eigenvalue weighted by Crippen LogP contribution is 2.23. The first-order valence-electron chi connectivity index (χ1n) is 6.75. The Morgan fingerprint density at radius 1 is 1.37 bits per heavy atom. The van der Waals surface area contributed by atoms with Crippen molar-refractivity contribution in [3.05, 3.63) is 29.3 Å². The predicted molar refractivity (Wildman–Crippen MR) is 76.3 cm³/mol. The number of hydrogen-bond acceptors (Lipinski definition) is 3. The lowest BCUT2D eigenvalue weighted by atomic mass is 10.1. The van der Waals surface area contributed by atoms with Gasteiger partial charge in [0.15, 0.2) is 0 Å². The monoisotopic (exact) mass is 262 g/mol. The van der Waals surface area contributed by atoms with Crippen molar-refractivity contribution in [3.8, 4) is 0 Å². The van der Waals surface area contributed by atoms with Crippen LogP contribution in [0.2, 0.25) is 0 Å². The largest absolute Gasteiger partial charge is 0.394 e. The number of carbonyl (C=O) groups is 1. The third kappa shape index (κ3) is 2.89. The lowest BCUT2D eigenvalue weighted by molar-refractivity contribution is -0.122. The molecule has 2 N–H and O–H groups in total. The van der Waals surface area contributed by atoms with Gasteiger partial charge in [0.05, 0.1) is 6.61 Å². The number of aliphatic hydroxyl groups is 1. The van der Waals surface area contributed by atoms with Crippen LogP contribution in [0.3, 0.4) is 0 Å². The normalized spacial score (nSPS) is 24.0. The van der Waals surface area contributed by atoms with Crippen molar-refractivity contribution < 1.29 is 9.90 Å². The van der Waals surface area contributed by atoms with Crippen molar-refractivity contribution in [2.75, 3.05) is 24.6 Å². The Balaban J connectivity index is 2.36. The van der Waals surface area contributed by atoms with Gasteiger partial charge in [-0.1, -0.05) is 13.0 Å². The molecule has 1 amide bonds. The zero-order chi connectivity index (χ0) is 14.0. The van der Waals surface area contributed by atoms with Crippen molar-refractivity contribution in [2.45, 2.75) is 26.8 Å². The van der Waals surface area contributed by atoms with E-state index in [0.29, 0.717) is 12.5 Å². The topological polar surface area (TPSA) is 52.6 Å². The van der Waals surface area contributed by atoms with E-state index in [1.54, 1.807) is 0 Å². The fourth-order valence-electron chi connectivity index (χ4n) is 2.43. The van der Waals surface area contributed by atoms with Crippen LogP contribution < -0.4 is 10.2 Å². The standard InChI is InChI=1S/C15H22N2O2/c1-10-7-16-15(19)14(9-18)17(8-10)13-5-4-11(2)12(3)6-13/h4-6,10,14,18H,7-9H2,1-3H3,(H,16,19). The molecule has 1 aliphatic heterocycles. The van der Waals surface area contributed by atoms with E-state index in [-0.39, 0.29) is 12.5 Å². The quantitative estimate of drug-likeness (QED) is 0.843.